The summed E-state index contributed by atoms with van der Waals surface area (Å²) in [4.78, 5) is 15.6. The van der Waals surface area contributed by atoms with Crippen molar-refractivity contribution in [1.82, 2.24) is 14.5 Å². The molecule has 0 saturated carbocycles. The number of nitrogens with zero attached hydrogens (tertiary/aromatic N) is 4. The Morgan fingerprint density at radius 2 is 1.12 bits per heavy atom. The molecule has 1 aliphatic rings. The standard InChI is InChI=1S/C46H28N4S2/c1-3-12-30(13-4-1)49-37-18-8-7-16-32(37)33-23-22-29(28-39(33)49)35-24-26-41-44(47-35)45-42(52-41)27-25-36(48-45)34-17-11-21-43-46(34)50(31-14-5-2-6-15-31)38-19-9-10-20-40(38)51-43/h1-28H. The molecule has 52 heavy (non-hydrogen) atoms. The van der Waals surface area contributed by atoms with E-state index in [1.165, 1.54) is 37.3 Å². The largest absolute Gasteiger partial charge is 0.309 e. The highest BCUT2D eigenvalue weighted by atomic mass is 32.2. The first-order valence-corrected chi connectivity index (χ1v) is 19.0. The molecule has 0 N–H and O–H groups in total. The van der Waals surface area contributed by atoms with E-state index >= 15 is 0 Å². The minimum Gasteiger partial charge on any atom is -0.309 e. The molecular weight excluding hydrogens is 673 g/mol. The fourth-order valence-corrected chi connectivity index (χ4v) is 9.74. The summed E-state index contributed by atoms with van der Waals surface area (Å²) in [5, 5.41) is 2.47. The van der Waals surface area contributed by atoms with Crippen LogP contribution < -0.4 is 4.90 Å². The van der Waals surface area contributed by atoms with Crippen LogP contribution in [-0.4, -0.2) is 14.5 Å². The highest BCUT2D eigenvalue weighted by Gasteiger charge is 2.28. The van der Waals surface area contributed by atoms with Crippen LogP contribution in [0.2, 0.25) is 0 Å². The predicted molar refractivity (Wildman–Crippen MR) is 219 cm³/mol. The normalized spacial score (nSPS) is 12.5. The Bertz CT molecular complexity index is 3000. The van der Waals surface area contributed by atoms with Gasteiger partial charge in [-0.25, -0.2) is 9.97 Å². The summed E-state index contributed by atoms with van der Waals surface area (Å²) in [6.45, 7) is 0. The summed E-state index contributed by atoms with van der Waals surface area (Å²) in [5.74, 6) is 0. The van der Waals surface area contributed by atoms with Crippen LogP contribution in [0.4, 0.5) is 17.1 Å². The van der Waals surface area contributed by atoms with E-state index in [2.05, 4.69) is 179 Å². The van der Waals surface area contributed by atoms with Gasteiger partial charge in [0.15, 0.2) is 0 Å². The van der Waals surface area contributed by atoms with Crippen molar-refractivity contribution in [2.24, 2.45) is 0 Å². The molecule has 10 aromatic rings. The van der Waals surface area contributed by atoms with Crippen molar-refractivity contribution in [3.05, 3.63) is 170 Å². The minimum atomic E-state index is 0.936. The SMILES string of the molecule is c1ccc(N2c3ccccc3Sc3cccc(-c4ccc5sc6ccc(-c7ccc8c9ccccc9n(-c9ccccc9)c8c7)nc6c5n4)c32)cc1. The van der Waals surface area contributed by atoms with Gasteiger partial charge in [-0.3, -0.25) is 0 Å². The number of benzene rings is 6. The molecule has 5 heterocycles. The Kier molecular flexibility index (Phi) is 6.62. The molecule has 6 heteroatoms. The molecule has 0 unspecified atom stereocenters. The molecule has 6 aromatic carbocycles. The average Bonchev–Trinajstić information content (AvgIpc) is 3.75. The number of hydrogen-bond acceptors (Lipinski definition) is 5. The summed E-state index contributed by atoms with van der Waals surface area (Å²) < 4.78 is 4.62. The van der Waals surface area contributed by atoms with E-state index in [9.17, 15) is 0 Å². The van der Waals surface area contributed by atoms with Crippen molar-refractivity contribution < 1.29 is 0 Å². The maximum Gasteiger partial charge on any atom is 0.108 e. The molecule has 4 nitrogen and oxygen atoms in total. The zero-order chi connectivity index (χ0) is 34.2. The molecule has 11 rings (SSSR count). The van der Waals surface area contributed by atoms with Crippen LogP contribution in [-0.2, 0) is 0 Å². The third-order valence-corrected chi connectivity index (χ3v) is 12.2. The van der Waals surface area contributed by atoms with Gasteiger partial charge >= 0.3 is 0 Å². The molecule has 0 saturated heterocycles. The number of anilines is 3. The lowest BCUT2D eigenvalue weighted by atomic mass is 10.0. The maximum atomic E-state index is 5.40. The molecule has 4 aromatic heterocycles. The zero-order valence-corrected chi connectivity index (χ0v) is 29.4. The number of pyridine rings is 2. The predicted octanol–water partition coefficient (Wildman–Crippen LogP) is 13.2. The molecule has 0 bridgehead atoms. The fourth-order valence-electron chi connectivity index (χ4n) is 7.67. The lowest BCUT2D eigenvalue weighted by molar-refractivity contribution is 1.16. The van der Waals surface area contributed by atoms with Gasteiger partial charge in [0.05, 0.1) is 43.2 Å². The van der Waals surface area contributed by atoms with Crippen molar-refractivity contribution in [2.75, 3.05) is 4.90 Å². The summed E-state index contributed by atoms with van der Waals surface area (Å²) in [5.41, 5.74) is 12.9. The summed E-state index contributed by atoms with van der Waals surface area (Å²) >= 11 is 3.57. The van der Waals surface area contributed by atoms with Gasteiger partial charge in [-0.15, -0.1) is 11.3 Å². The van der Waals surface area contributed by atoms with Crippen LogP contribution in [0.25, 0.3) is 70.4 Å². The van der Waals surface area contributed by atoms with Crippen molar-refractivity contribution in [3.8, 4) is 28.2 Å². The lowest BCUT2D eigenvalue weighted by Gasteiger charge is -2.34. The minimum absolute atomic E-state index is 0.936. The van der Waals surface area contributed by atoms with Crippen LogP contribution in [0.5, 0.6) is 0 Å². The topological polar surface area (TPSA) is 34.0 Å². The molecule has 0 spiro atoms. The van der Waals surface area contributed by atoms with E-state index in [1.807, 2.05) is 11.8 Å². The second kappa shape index (κ2) is 11.7. The van der Waals surface area contributed by atoms with Gasteiger partial charge in [0.1, 0.15) is 11.0 Å². The third kappa shape index (κ3) is 4.55. The third-order valence-electron chi connectivity index (χ3n) is 9.98. The van der Waals surface area contributed by atoms with Gasteiger partial charge in [0.25, 0.3) is 0 Å². The number of aromatic nitrogens is 3. The van der Waals surface area contributed by atoms with Gasteiger partial charge < -0.3 is 9.47 Å². The number of hydrogen-bond donors (Lipinski definition) is 0. The Hall–Kier alpha value is -6.21. The molecule has 0 atom stereocenters. The quantitative estimate of drug-likeness (QED) is 0.183. The number of para-hydroxylation sites is 5. The molecule has 0 amide bonds. The molecular formula is C46H28N4S2. The van der Waals surface area contributed by atoms with E-state index in [1.54, 1.807) is 11.3 Å². The lowest BCUT2D eigenvalue weighted by Crippen LogP contribution is -2.16. The molecule has 1 aliphatic heterocycles. The van der Waals surface area contributed by atoms with E-state index in [0.717, 1.165) is 60.0 Å². The van der Waals surface area contributed by atoms with Gasteiger partial charge in [0.2, 0.25) is 0 Å². The Morgan fingerprint density at radius 3 is 1.94 bits per heavy atom. The van der Waals surface area contributed by atoms with Crippen molar-refractivity contribution in [1.29, 1.82) is 0 Å². The second-order valence-corrected chi connectivity index (χ2v) is 15.2. The van der Waals surface area contributed by atoms with Crippen molar-refractivity contribution >= 4 is 82.4 Å². The van der Waals surface area contributed by atoms with Crippen molar-refractivity contribution in [2.45, 2.75) is 9.79 Å². The number of fused-ring (bicyclic) bond motifs is 8. The molecule has 0 fully saturated rings. The highest BCUT2D eigenvalue weighted by molar-refractivity contribution is 7.99. The van der Waals surface area contributed by atoms with Crippen LogP contribution in [0, 0.1) is 0 Å². The van der Waals surface area contributed by atoms with Gasteiger partial charge in [-0.05, 0) is 78.9 Å². The Balaban J connectivity index is 1.07. The number of thiophene rings is 1. The summed E-state index contributed by atoms with van der Waals surface area (Å²) in [7, 11) is 0. The molecule has 0 radical (unpaired) electrons. The molecule has 0 aliphatic carbocycles. The fraction of sp³-hybridized carbons (Fsp3) is 0. The maximum absolute atomic E-state index is 5.40. The molecule has 244 valence electrons. The Labute approximate surface area is 308 Å². The zero-order valence-electron chi connectivity index (χ0n) is 27.8. The summed E-state index contributed by atoms with van der Waals surface area (Å²) in [6, 6.07) is 60.6. The smallest absolute Gasteiger partial charge is 0.108 e. The first-order valence-electron chi connectivity index (χ1n) is 17.3. The van der Waals surface area contributed by atoms with E-state index in [4.69, 9.17) is 9.97 Å². The average molecular weight is 701 g/mol. The Morgan fingerprint density at radius 1 is 0.462 bits per heavy atom. The van der Waals surface area contributed by atoms with E-state index in [0.29, 0.717) is 0 Å². The van der Waals surface area contributed by atoms with E-state index in [-0.39, 0.29) is 0 Å². The first-order chi connectivity index (χ1) is 25.8. The van der Waals surface area contributed by atoms with Crippen molar-refractivity contribution in [3.63, 3.8) is 0 Å². The number of rotatable bonds is 4. The van der Waals surface area contributed by atoms with Gasteiger partial charge in [-0.1, -0.05) is 103 Å². The monoisotopic (exact) mass is 700 g/mol. The van der Waals surface area contributed by atoms with Gasteiger partial charge in [-0.2, -0.15) is 0 Å². The highest BCUT2D eigenvalue weighted by Crippen LogP contribution is 2.54. The summed E-state index contributed by atoms with van der Waals surface area (Å²) in [6.07, 6.45) is 0. The first kappa shape index (κ1) is 29.5. The van der Waals surface area contributed by atoms with E-state index < -0.39 is 0 Å². The van der Waals surface area contributed by atoms with Gasteiger partial charge in [0, 0.05) is 43.1 Å². The van der Waals surface area contributed by atoms with Crippen LogP contribution in [0.1, 0.15) is 0 Å². The van der Waals surface area contributed by atoms with Crippen LogP contribution >= 0.6 is 23.1 Å². The van der Waals surface area contributed by atoms with Crippen LogP contribution in [0.15, 0.2) is 180 Å². The second-order valence-electron chi connectivity index (χ2n) is 13.0. The van der Waals surface area contributed by atoms with Crippen LogP contribution in [0.3, 0.4) is 0 Å².